The predicted molar refractivity (Wildman–Crippen MR) is 87.3 cm³/mol. The molecule has 3 rings (SSSR count). The second kappa shape index (κ2) is 5.01. The van der Waals surface area contributed by atoms with E-state index in [2.05, 4.69) is 48.6 Å². The summed E-state index contributed by atoms with van der Waals surface area (Å²) >= 11 is 8.71. The molecule has 2 N–H and O–H groups in total. The fourth-order valence-electron chi connectivity index (χ4n) is 2.04. The molecule has 0 saturated carbocycles. The molecule has 6 heteroatoms. The van der Waals surface area contributed by atoms with E-state index in [-0.39, 0.29) is 0 Å². The van der Waals surface area contributed by atoms with Crippen molar-refractivity contribution in [1.29, 1.82) is 0 Å². The van der Waals surface area contributed by atoms with Crippen LogP contribution in [0.5, 0.6) is 0 Å². The van der Waals surface area contributed by atoms with E-state index in [0.29, 0.717) is 6.54 Å². The van der Waals surface area contributed by atoms with E-state index in [4.69, 9.17) is 10.7 Å². The summed E-state index contributed by atoms with van der Waals surface area (Å²) in [5.74, 6) is 0.973. The van der Waals surface area contributed by atoms with Crippen LogP contribution in [0.4, 0.5) is 0 Å². The van der Waals surface area contributed by atoms with Crippen LogP contribution in [0.25, 0.3) is 21.7 Å². The van der Waals surface area contributed by atoms with Crippen molar-refractivity contribution in [3.8, 4) is 10.7 Å². The molecule has 0 fully saturated rings. The first-order chi connectivity index (χ1) is 9.10. The Morgan fingerprint density at radius 1 is 1.32 bits per heavy atom. The fourth-order valence-corrected chi connectivity index (χ4v) is 4.10. The molecule has 0 unspecified atom stereocenters. The minimum Gasteiger partial charge on any atom is -0.326 e. The van der Waals surface area contributed by atoms with Crippen LogP contribution in [0, 0.1) is 0 Å². The number of nitrogens with two attached hydrogens (primary N) is 1. The third kappa shape index (κ3) is 2.27. The minimum absolute atomic E-state index is 0.548. The van der Waals surface area contributed by atoms with E-state index < -0.39 is 0 Å². The van der Waals surface area contributed by atoms with Gasteiger partial charge in [-0.25, -0.2) is 4.98 Å². The largest absolute Gasteiger partial charge is 0.326 e. The van der Waals surface area contributed by atoms with Crippen LogP contribution in [0.1, 0.15) is 5.56 Å². The Kier molecular flexibility index (Phi) is 3.51. The van der Waals surface area contributed by atoms with Crippen molar-refractivity contribution in [2.75, 3.05) is 0 Å². The van der Waals surface area contributed by atoms with E-state index in [1.165, 1.54) is 0 Å². The number of aryl methyl sites for hydroxylation is 1. The smallest absolute Gasteiger partial charge is 0.151 e. The first-order valence-corrected chi connectivity index (χ1v) is 8.11. The summed E-state index contributed by atoms with van der Waals surface area (Å²) in [6, 6.07) is 8.24. The number of imidazole rings is 1. The Morgan fingerprint density at radius 2 is 2.11 bits per heavy atom. The first-order valence-electron chi connectivity index (χ1n) is 5.71. The number of thiophene rings is 1. The molecular formula is C13H11Br2N3S. The number of rotatable bonds is 2. The summed E-state index contributed by atoms with van der Waals surface area (Å²) in [7, 11) is 2.03. The normalized spacial score (nSPS) is 11.4. The number of benzene rings is 1. The average Bonchev–Trinajstić information content (AvgIpc) is 2.91. The van der Waals surface area contributed by atoms with Gasteiger partial charge in [-0.3, -0.25) is 0 Å². The van der Waals surface area contributed by atoms with Crippen LogP contribution < -0.4 is 5.73 Å². The van der Waals surface area contributed by atoms with Crippen LogP contribution in [-0.4, -0.2) is 9.55 Å². The third-order valence-electron chi connectivity index (χ3n) is 3.05. The summed E-state index contributed by atoms with van der Waals surface area (Å²) in [4.78, 5) is 5.83. The van der Waals surface area contributed by atoms with Crippen LogP contribution in [-0.2, 0) is 13.6 Å². The Morgan fingerprint density at radius 3 is 2.74 bits per heavy atom. The monoisotopic (exact) mass is 399 g/mol. The average molecular weight is 401 g/mol. The summed E-state index contributed by atoms with van der Waals surface area (Å²) in [6.07, 6.45) is 0. The van der Waals surface area contributed by atoms with Crippen molar-refractivity contribution in [3.05, 3.63) is 38.1 Å². The maximum atomic E-state index is 5.69. The van der Waals surface area contributed by atoms with E-state index in [1.54, 1.807) is 11.3 Å². The van der Waals surface area contributed by atoms with Crippen molar-refractivity contribution in [2.45, 2.75) is 6.54 Å². The summed E-state index contributed by atoms with van der Waals surface area (Å²) in [5, 5.41) is 0. The van der Waals surface area contributed by atoms with Gasteiger partial charge in [0.1, 0.15) is 0 Å². The van der Waals surface area contributed by atoms with E-state index in [9.17, 15) is 0 Å². The molecular weight excluding hydrogens is 390 g/mol. The van der Waals surface area contributed by atoms with Gasteiger partial charge in [-0.2, -0.15) is 0 Å². The first kappa shape index (κ1) is 13.3. The summed E-state index contributed by atoms with van der Waals surface area (Å²) in [6.45, 7) is 0.548. The van der Waals surface area contributed by atoms with Gasteiger partial charge in [0, 0.05) is 18.1 Å². The number of fused-ring (bicyclic) bond motifs is 1. The van der Waals surface area contributed by atoms with Gasteiger partial charge < -0.3 is 10.3 Å². The topological polar surface area (TPSA) is 43.8 Å². The molecule has 2 aromatic heterocycles. The lowest BCUT2D eigenvalue weighted by atomic mass is 10.2. The number of halogens is 2. The zero-order chi connectivity index (χ0) is 13.6. The fraction of sp³-hybridized carbons (Fsp3) is 0.154. The van der Waals surface area contributed by atoms with Gasteiger partial charge >= 0.3 is 0 Å². The van der Waals surface area contributed by atoms with E-state index in [1.807, 2.05) is 19.2 Å². The molecule has 1 aromatic carbocycles. The van der Waals surface area contributed by atoms with Crippen molar-refractivity contribution in [1.82, 2.24) is 9.55 Å². The van der Waals surface area contributed by atoms with Gasteiger partial charge in [-0.15, -0.1) is 11.3 Å². The van der Waals surface area contributed by atoms with Crippen molar-refractivity contribution in [3.63, 3.8) is 0 Å². The van der Waals surface area contributed by atoms with E-state index >= 15 is 0 Å². The molecule has 98 valence electrons. The lowest BCUT2D eigenvalue weighted by Gasteiger charge is -2.00. The van der Waals surface area contributed by atoms with E-state index in [0.717, 1.165) is 35.6 Å². The quantitative estimate of drug-likeness (QED) is 0.697. The third-order valence-corrected chi connectivity index (χ3v) is 6.30. The van der Waals surface area contributed by atoms with Gasteiger partial charge in [-0.1, -0.05) is 6.07 Å². The lowest BCUT2D eigenvalue weighted by molar-refractivity contribution is 0.960. The molecule has 0 amide bonds. The SMILES string of the molecule is Cn1c(-c2cc(Br)c(Br)s2)nc2ccc(CN)cc21. The highest BCUT2D eigenvalue weighted by Crippen LogP contribution is 2.38. The van der Waals surface area contributed by atoms with Crippen molar-refractivity contribution in [2.24, 2.45) is 12.8 Å². The molecule has 0 radical (unpaired) electrons. The molecule has 0 spiro atoms. The standard InChI is InChI=1S/C13H11Br2N3S/c1-18-10-4-7(6-16)2-3-9(10)17-13(18)11-5-8(14)12(15)19-11/h2-5H,6,16H2,1H3. The number of nitrogens with zero attached hydrogens (tertiary/aromatic N) is 2. The van der Waals surface area contributed by atoms with Gasteiger partial charge in [0.15, 0.2) is 5.82 Å². The molecule has 0 aliphatic rings. The second-order valence-electron chi connectivity index (χ2n) is 4.25. The Balaban J connectivity index is 2.22. The molecule has 0 saturated heterocycles. The van der Waals surface area contributed by atoms with Gasteiger partial charge in [0.05, 0.1) is 19.7 Å². The molecule has 0 bridgehead atoms. The minimum atomic E-state index is 0.548. The molecule has 3 nitrogen and oxygen atoms in total. The van der Waals surface area contributed by atoms with Gasteiger partial charge in [0.25, 0.3) is 0 Å². The Hall–Kier alpha value is -0.690. The number of hydrogen-bond acceptors (Lipinski definition) is 3. The maximum absolute atomic E-state index is 5.69. The number of hydrogen-bond donors (Lipinski definition) is 1. The molecule has 0 atom stereocenters. The van der Waals surface area contributed by atoms with Crippen LogP contribution >= 0.6 is 43.2 Å². The zero-order valence-corrected chi connectivity index (χ0v) is 14.1. The Labute approximate surface area is 131 Å². The predicted octanol–water partition coefficient (Wildman–Crippen LogP) is 4.29. The summed E-state index contributed by atoms with van der Waals surface area (Å²) < 4.78 is 4.25. The van der Waals surface area contributed by atoms with Gasteiger partial charge in [0.2, 0.25) is 0 Å². The maximum Gasteiger partial charge on any atom is 0.151 e. The lowest BCUT2D eigenvalue weighted by Crippen LogP contribution is -1.96. The summed E-state index contributed by atoms with van der Waals surface area (Å²) in [5.41, 5.74) is 8.92. The molecule has 2 heterocycles. The van der Waals surface area contributed by atoms with Crippen LogP contribution in [0.3, 0.4) is 0 Å². The second-order valence-corrected chi connectivity index (χ2v) is 7.48. The van der Waals surface area contributed by atoms with Crippen molar-refractivity contribution >= 4 is 54.2 Å². The molecule has 0 aliphatic carbocycles. The Bertz CT molecular complexity index is 741. The van der Waals surface area contributed by atoms with Crippen LogP contribution in [0.2, 0.25) is 0 Å². The highest BCUT2D eigenvalue weighted by molar-refractivity contribution is 9.13. The molecule has 3 aromatic rings. The molecule has 0 aliphatic heterocycles. The van der Waals surface area contributed by atoms with Crippen molar-refractivity contribution < 1.29 is 0 Å². The number of aromatic nitrogens is 2. The molecule has 19 heavy (non-hydrogen) atoms. The highest BCUT2D eigenvalue weighted by atomic mass is 79.9. The highest BCUT2D eigenvalue weighted by Gasteiger charge is 2.14. The van der Waals surface area contributed by atoms with Gasteiger partial charge in [-0.05, 0) is 55.6 Å². The van der Waals surface area contributed by atoms with Crippen LogP contribution in [0.15, 0.2) is 32.5 Å². The zero-order valence-electron chi connectivity index (χ0n) is 10.2.